The van der Waals surface area contributed by atoms with E-state index in [-0.39, 0.29) is 43.5 Å². The van der Waals surface area contributed by atoms with Gasteiger partial charge in [0.25, 0.3) is 5.91 Å². The van der Waals surface area contributed by atoms with Gasteiger partial charge in [0.2, 0.25) is 29.5 Å². The molecule has 3 atom stereocenters. The van der Waals surface area contributed by atoms with Crippen LogP contribution in [0.5, 0.6) is 17.2 Å². The summed E-state index contributed by atoms with van der Waals surface area (Å²) >= 11 is 0. The van der Waals surface area contributed by atoms with Crippen LogP contribution >= 0.6 is 0 Å². The maximum Gasteiger partial charge on any atom is 0.255 e. The Bertz CT molecular complexity index is 1400. The lowest BCUT2D eigenvalue weighted by molar-refractivity contribution is -0.134. The fourth-order valence-electron chi connectivity index (χ4n) is 4.45. The van der Waals surface area contributed by atoms with Crippen molar-refractivity contribution >= 4 is 35.4 Å². The normalized spacial score (nSPS) is 19.6. The first-order chi connectivity index (χ1) is 22.0. The minimum Gasteiger partial charge on any atom is -0.497 e. The molecule has 1 aliphatic heterocycles. The molecule has 3 rings (SSSR count). The molecule has 248 valence electrons. The van der Waals surface area contributed by atoms with Gasteiger partial charge in [-0.1, -0.05) is 26.0 Å². The van der Waals surface area contributed by atoms with Crippen molar-refractivity contribution in [3.05, 3.63) is 54.1 Å². The summed E-state index contributed by atoms with van der Waals surface area (Å²) in [7, 11) is 1.54. The number of carbonyl (C=O) groups excluding carboxylic acids is 6. The second-order valence-electron chi connectivity index (χ2n) is 10.7. The first-order valence-corrected chi connectivity index (χ1v) is 14.7. The van der Waals surface area contributed by atoms with Gasteiger partial charge >= 0.3 is 0 Å². The van der Waals surface area contributed by atoms with Crippen molar-refractivity contribution in [3.63, 3.8) is 0 Å². The molecule has 0 saturated carbocycles. The number of amides is 6. The molecular weight excluding hydrogens is 600 g/mol. The Morgan fingerprint density at radius 1 is 0.978 bits per heavy atom. The summed E-state index contributed by atoms with van der Waals surface area (Å²) in [6, 6.07) is 9.25. The van der Waals surface area contributed by atoms with Gasteiger partial charge in [0.15, 0.2) is 0 Å². The number of hydrogen-bond donors (Lipinski definition) is 6. The molecule has 1 aliphatic rings. The highest BCUT2D eigenvalue weighted by molar-refractivity contribution is 6.01. The van der Waals surface area contributed by atoms with Crippen LogP contribution < -0.4 is 46.5 Å². The Labute approximate surface area is 266 Å². The van der Waals surface area contributed by atoms with E-state index in [0.717, 1.165) is 0 Å². The third-order valence-electron chi connectivity index (χ3n) is 6.84. The van der Waals surface area contributed by atoms with Crippen LogP contribution in [-0.4, -0.2) is 87.0 Å². The number of hydrogen-bond acceptors (Lipinski definition) is 9. The molecule has 0 unspecified atom stereocenters. The SMILES string of the molecule is COc1ccc(OCCNC(=O)[C@@H]2CC(=O)N[C@@H](CC(N)=O)C(=O)N[C@H](C(C)C)C(=O)NCCOc3ccccc3C(=O)N2)cc1. The number of ether oxygens (including phenoxy) is 3. The molecule has 0 saturated heterocycles. The topological polar surface area (TPSA) is 216 Å². The summed E-state index contributed by atoms with van der Waals surface area (Å²) in [6.07, 6.45) is -1.17. The zero-order valence-electron chi connectivity index (χ0n) is 25.9. The Morgan fingerprint density at radius 2 is 1.67 bits per heavy atom. The highest BCUT2D eigenvalue weighted by atomic mass is 16.5. The highest BCUT2D eigenvalue weighted by Gasteiger charge is 2.32. The summed E-state index contributed by atoms with van der Waals surface area (Å²) in [6.45, 7) is 3.55. The number of methoxy groups -OCH3 is 1. The molecule has 0 fully saturated rings. The third-order valence-corrected chi connectivity index (χ3v) is 6.84. The Kier molecular flexibility index (Phi) is 13.2. The van der Waals surface area contributed by atoms with Crippen molar-refractivity contribution < 1.29 is 43.0 Å². The van der Waals surface area contributed by atoms with Crippen molar-refractivity contribution in [3.8, 4) is 17.2 Å². The first-order valence-electron chi connectivity index (χ1n) is 14.7. The number of primary amides is 1. The quantitative estimate of drug-likeness (QED) is 0.192. The van der Waals surface area contributed by atoms with E-state index in [1.165, 1.54) is 6.07 Å². The van der Waals surface area contributed by atoms with Gasteiger partial charge in [-0.25, -0.2) is 0 Å². The van der Waals surface area contributed by atoms with Crippen LogP contribution in [0.1, 0.15) is 37.0 Å². The fraction of sp³-hybridized carbons (Fsp3) is 0.419. The van der Waals surface area contributed by atoms with Gasteiger partial charge in [-0.2, -0.15) is 0 Å². The molecule has 0 aliphatic carbocycles. The van der Waals surface area contributed by atoms with Crippen LogP contribution in [-0.2, 0) is 24.0 Å². The standard InChI is InChI=1S/C31H40N6O9/c1-18(2)27-31(43)34-13-15-46-24-7-5-4-6-21(24)28(40)36-23(17-26(39)35-22(16-25(32)38)30(42)37-27)29(41)33-12-14-45-20-10-8-19(44-3)9-11-20/h4-11,18,22-23,27H,12-17H2,1-3H3,(H2,32,38)(H,33,41)(H,34,43)(H,35,39)(H,36,40)(H,37,42)/t22-,23-,27+/m0/s1. The predicted octanol–water partition coefficient (Wildman–Crippen LogP) is -0.611. The van der Waals surface area contributed by atoms with E-state index in [9.17, 15) is 28.8 Å². The van der Waals surface area contributed by atoms with Crippen molar-refractivity contribution in [1.82, 2.24) is 26.6 Å². The largest absolute Gasteiger partial charge is 0.497 e. The van der Waals surface area contributed by atoms with E-state index >= 15 is 0 Å². The van der Waals surface area contributed by atoms with Crippen LogP contribution in [0.25, 0.3) is 0 Å². The van der Waals surface area contributed by atoms with Gasteiger partial charge in [0.1, 0.15) is 48.6 Å². The molecule has 2 aromatic rings. The lowest BCUT2D eigenvalue weighted by Crippen LogP contribution is -2.57. The molecule has 7 N–H and O–H groups in total. The number of fused-ring (bicyclic) bond motifs is 1. The molecule has 2 aromatic carbocycles. The minimum absolute atomic E-state index is 0.0166. The number of nitrogens with two attached hydrogens (primary N) is 1. The van der Waals surface area contributed by atoms with Gasteiger partial charge in [-0.05, 0) is 42.3 Å². The van der Waals surface area contributed by atoms with Crippen molar-refractivity contribution in [2.75, 3.05) is 33.4 Å². The lowest BCUT2D eigenvalue weighted by atomic mass is 10.0. The number of nitrogens with one attached hydrogen (secondary N) is 5. The lowest BCUT2D eigenvalue weighted by Gasteiger charge is -2.25. The predicted molar refractivity (Wildman–Crippen MR) is 165 cm³/mol. The molecular formula is C31H40N6O9. The second-order valence-corrected chi connectivity index (χ2v) is 10.7. The average Bonchev–Trinajstić information content (AvgIpc) is 3.02. The van der Waals surface area contributed by atoms with E-state index < -0.39 is 66.4 Å². The van der Waals surface area contributed by atoms with Gasteiger partial charge in [-0.15, -0.1) is 0 Å². The summed E-state index contributed by atoms with van der Waals surface area (Å²) in [4.78, 5) is 77.6. The molecule has 6 amide bonds. The van der Waals surface area contributed by atoms with Gasteiger partial charge < -0.3 is 46.5 Å². The number of carbonyl (C=O) groups is 6. The van der Waals surface area contributed by atoms with Crippen molar-refractivity contribution in [2.45, 2.75) is 44.8 Å². The van der Waals surface area contributed by atoms with E-state index in [1.54, 1.807) is 63.4 Å². The number of benzene rings is 2. The van der Waals surface area contributed by atoms with Crippen molar-refractivity contribution in [2.24, 2.45) is 11.7 Å². The van der Waals surface area contributed by atoms with E-state index in [1.807, 2.05) is 0 Å². The third kappa shape index (κ3) is 10.7. The van der Waals surface area contributed by atoms with Crippen LogP contribution in [0.3, 0.4) is 0 Å². The Balaban J connectivity index is 1.82. The molecule has 0 bridgehead atoms. The maximum absolute atomic E-state index is 13.3. The molecule has 1 heterocycles. The fourth-order valence-corrected chi connectivity index (χ4v) is 4.45. The van der Waals surface area contributed by atoms with Crippen LogP contribution in [0, 0.1) is 5.92 Å². The number of rotatable bonds is 9. The summed E-state index contributed by atoms with van der Waals surface area (Å²) < 4.78 is 16.5. The van der Waals surface area contributed by atoms with E-state index in [2.05, 4.69) is 26.6 Å². The average molecular weight is 641 g/mol. The maximum atomic E-state index is 13.3. The summed E-state index contributed by atoms with van der Waals surface area (Å²) in [5.41, 5.74) is 5.42. The molecule has 15 nitrogen and oxygen atoms in total. The Morgan fingerprint density at radius 3 is 2.35 bits per heavy atom. The van der Waals surface area contributed by atoms with Crippen LogP contribution in [0.2, 0.25) is 0 Å². The monoisotopic (exact) mass is 640 g/mol. The molecule has 46 heavy (non-hydrogen) atoms. The van der Waals surface area contributed by atoms with E-state index in [0.29, 0.717) is 11.5 Å². The van der Waals surface area contributed by atoms with Gasteiger partial charge in [0.05, 0.1) is 38.6 Å². The molecule has 0 aromatic heterocycles. The first kappa shape index (κ1) is 35.1. The zero-order valence-corrected chi connectivity index (χ0v) is 25.9. The molecule has 15 heteroatoms. The molecule has 0 radical (unpaired) electrons. The summed E-state index contributed by atoms with van der Waals surface area (Å²) in [5.74, 6) is -3.46. The van der Waals surface area contributed by atoms with Gasteiger partial charge in [-0.3, -0.25) is 28.8 Å². The highest BCUT2D eigenvalue weighted by Crippen LogP contribution is 2.19. The minimum atomic E-state index is -1.45. The second kappa shape index (κ2) is 17.2. The number of para-hydroxylation sites is 1. The van der Waals surface area contributed by atoms with Crippen LogP contribution in [0.15, 0.2) is 48.5 Å². The van der Waals surface area contributed by atoms with E-state index in [4.69, 9.17) is 19.9 Å². The van der Waals surface area contributed by atoms with Crippen LogP contribution in [0.4, 0.5) is 0 Å². The summed E-state index contributed by atoms with van der Waals surface area (Å²) in [5, 5.41) is 12.8. The van der Waals surface area contributed by atoms with Crippen molar-refractivity contribution in [1.29, 1.82) is 0 Å². The molecule has 0 spiro atoms. The smallest absolute Gasteiger partial charge is 0.255 e. The van der Waals surface area contributed by atoms with Gasteiger partial charge in [0, 0.05) is 0 Å². The Hall–Kier alpha value is -5.34. The zero-order chi connectivity index (χ0) is 33.6.